The van der Waals surface area contributed by atoms with Crippen molar-refractivity contribution in [2.75, 3.05) is 26.3 Å². The molecule has 0 bridgehead atoms. The molecule has 0 radical (unpaired) electrons. The number of carbonyl (C=O) groups excluding carboxylic acids is 1. The first kappa shape index (κ1) is 14.5. The molecular weight excluding hydrogens is 218 g/mol. The number of nitrogens with one attached hydrogen (secondary N) is 1. The van der Waals surface area contributed by atoms with E-state index in [1.54, 1.807) is 0 Å². The van der Waals surface area contributed by atoms with Crippen LogP contribution < -0.4 is 5.32 Å². The third-order valence-corrected chi connectivity index (χ3v) is 2.97. The van der Waals surface area contributed by atoms with Gasteiger partial charge in [0.1, 0.15) is 0 Å². The normalized spacial score (nSPS) is 17.0. The van der Waals surface area contributed by atoms with E-state index in [-0.39, 0.29) is 5.97 Å². The first-order chi connectivity index (χ1) is 8.33. The first-order valence-corrected chi connectivity index (χ1v) is 6.81. The van der Waals surface area contributed by atoms with Gasteiger partial charge >= 0.3 is 5.97 Å². The number of hydrogen-bond acceptors (Lipinski definition) is 4. The van der Waals surface area contributed by atoms with Crippen LogP contribution >= 0.6 is 0 Å². The Balaban J connectivity index is 1.85. The smallest absolute Gasteiger partial charge is 0.305 e. The minimum atomic E-state index is -0.0771. The molecule has 1 heterocycles. The highest BCUT2D eigenvalue weighted by molar-refractivity contribution is 5.69. The summed E-state index contributed by atoms with van der Waals surface area (Å²) in [5, 5.41) is 3.32. The van der Waals surface area contributed by atoms with Crippen molar-refractivity contribution in [3.8, 4) is 0 Å². The minimum absolute atomic E-state index is 0.0771. The molecule has 0 spiro atoms. The van der Waals surface area contributed by atoms with Crippen LogP contribution in [0, 0.1) is 0 Å². The molecule has 0 atom stereocenters. The Morgan fingerprint density at radius 2 is 2.00 bits per heavy atom. The fourth-order valence-electron chi connectivity index (χ4n) is 1.99. The summed E-state index contributed by atoms with van der Waals surface area (Å²) >= 11 is 0. The van der Waals surface area contributed by atoms with E-state index in [4.69, 9.17) is 9.47 Å². The van der Waals surface area contributed by atoms with Gasteiger partial charge in [-0.3, -0.25) is 4.79 Å². The fourth-order valence-corrected chi connectivity index (χ4v) is 1.99. The summed E-state index contributed by atoms with van der Waals surface area (Å²) in [6.45, 7) is 5.30. The van der Waals surface area contributed by atoms with Crippen LogP contribution in [0.2, 0.25) is 0 Å². The molecule has 1 aliphatic rings. The second-order valence-electron chi connectivity index (χ2n) is 4.44. The number of carbonyl (C=O) groups is 1. The summed E-state index contributed by atoms with van der Waals surface area (Å²) in [6, 6.07) is 0. The second kappa shape index (κ2) is 9.42. The zero-order chi connectivity index (χ0) is 12.3. The zero-order valence-electron chi connectivity index (χ0n) is 10.9. The van der Waals surface area contributed by atoms with Gasteiger partial charge in [-0.2, -0.15) is 0 Å². The van der Waals surface area contributed by atoms with Gasteiger partial charge in [0.15, 0.2) is 0 Å². The summed E-state index contributed by atoms with van der Waals surface area (Å²) in [5.41, 5.74) is 0. The predicted molar refractivity (Wildman–Crippen MR) is 66.9 cm³/mol. The lowest BCUT2D eigenvalue weighted by Crippen LogP contribution is -2.32. The van der Waals surface area contributed by atoms with Gasteiger partial charge in [-0.1, -0.05) is 6.42 Å². The quantitative estimate of drug-likeness (QED) is 0.522. The van der Waals surface area contributed by atoms with Gasteiger partial charge in [0, 0.05) is 13.0 Å². The van der Waals surface area contributed by atoms with Gasteiger partial charge in [0.05, 0.1) is 12.7 Å². The Morgan fingerprint density at radius 1 is 1.24 bits per heavy atom. The van der Waals surface area contributed by atoms with Crippen molar-refractivity contribution >= 4 is 5.97 Å². The monoisotopic (exact) mass is 243 g/mol. The van der Waals surface area contributed by atoms with Gasteiger partial charge in [-0.25, -0.2) is 0 Å². The van der Waals surface area contributed by atoms with Gasteiger partial charge < -0.3 is 14.8 Å². The zero-order valence-corrected chi connectivity index (χ0v) is 10.9. The molecule has 1 N–H and O–H groups in total. The number of esters is 1. The van der Waals surface area contributed by atoms with Crippen LogP contribution in [0.5, 0.6) is 0 Å². The molecule has 1 fully saturated rings. The maximum absolute atomic E-state index is 11.1. The Labute approximate surface area is 104 Å². The van der Waals surface area contributed by atoms with Crippen molar-refractivity contribution < 1.29 is 14.3 Å². The summed E-state index contributed by atoms with van der Waals surface area (Å²) in [4.78, 5) is 11.1. The average molecular weight is 243 g/mol. The number of hydrogen-bond donors (Lipinski definition) is 1. The van der Waals surface area contributed by atoms with Gasteiger partial charge in [0.2, 0.25) is 0 Å². The van der Waals surface area contributed by atoms with E-state index in [2.05, 4.69) is 5.32 Å². The van der Waals surface area contributed by atoms with Crippen molar-refractivity contribution in [3.63, 3.8) is 0 Å². The number of ether oxygens (including phenoxy) is 2. The molecule has 0 aliphatic carbocycles. The highest BCUT2D eigenvalue weighted by Crippen LogP contribution is 2.09. The Morgan fingerprint density at radius 3 is 2.71 bits per heavy atom. The summed E-state index contributed by atoms with van der Waals surface area (Å²) in [7, 11) is 0. The molecule has 0 unspecified atom stereocenters. The van der Waals surface area contributed by atoms with Crippen molar-refractivity contribution in [1.82, 2.24) is 5.32 Å². The number of unbranched alkanes of at least 4 members (excludes halogenated alkanes) is 2. The highest BCUT2D eigenvalue weighted by Gasteiger charge is 2.12. The van der Waals surface area contributed by atoms with Crippen LogP contribution in [0.15, 0.2) is 0 Å². The van der Waals surface area contributed by atoms with E-state index in [9.17, 15) is 4.79 Å². The van der Waals surface area contributed by atoms with Crippen molar-refractivity contribution in [2.45, 2.75) is 51.6 Å². The predicted octanol–water partition coefficient (Wildman–Crippen LogP) is 1.88. The molecule has 100 valence electrons. The molecule has 1 saturated heterocycles. The first-order valence-electron chi connectivity index (χ1n) is 6.81. The van der Waals surface area contributed by atoms with E-state index in [0.29, 0.717) is 19.1 Å². The lowest BCUT2D eigenvalue weighted by atomic mass is 10.1. The van der Waals surface area contributed by atoms with Gasteiger partial charge in [-0.15, -0.1) is 0 Å². The standard InChI is InChI=1S/C13H25NO3/c1-2-16-13(15)6-4-3-5-11-17-12-7-9-14-10-8-12/h12,14H,2-11H2,1H3. The van der Waals surface area contributed by atoms with Crippen LogP contribution in [0.1, 0.15) is 45.4 Å². The SMILES string of the molecule is CCOC(=O)CCCCCOC1CCNCC1. The fraction of sp³-hybridized carbons (Fsp3) is 0.923. The Hall–Kier alpha value is -0.610. The maximum atomic E-state index is 11.1. The minimum Gasteiger partial charge on any atom is -0.466 e. The average Bonchev–Trinajstić information content (AvgIpc) is 2.35. The molecule has 1 rings (SSSR count). The lowest BCUT2D eigenvalue weighted by Gasteiger charge is -2.22. The van der Waals surface area contributed by atoms with Gasteiger partial charge in [0.25, 0.3) is 0 Å². The molecular formula is C13H25NO3. The van der Waals surface area contributed by atoms with Gasteiger partial charge in [-0.05, 0) is 45.7 Å². The Bertz CT molecular complexity index is 203. The lowest BCUT2D eigenvalue weighted by molar-refractivity contribution is -0.143. The van der Waals surface area contributed by atoms with E-state index in [1.165, 1.54) is 0 Å². The van der Waals surface area contributed by atoms with Crippen molar-refractivity contribution in [3.05, 3.63) is 0 Å². The van der Waals surface area contributed by atoms with Crippen LogP contribution in [-0.4, -0.2) is 38.4 Å². The molecule has 0 aromatic heterocycles. The van der Waals surface area contributed by atoms with E-state index in [1.807, 2.05) is 6.92 Å². The molecule has 0 saturated carbocycles. The Kier molecular flexibility index (Phi) is 8.01. The van der Waals surface area contributed by atoms with Crippen LogP contribution in [-0.2, 0) is 14.3 Å². The highest BCUT2D eigenvalue weighted by atomic mass is 16.5. The maximum Gasteiger partial charge on any atom is 0.305 e. The van der Waals surface area contributed by atoms with Crippen molar-refractivity contribution in [2.24, 2.45) is 0 Å². The summed E-state index contributed by atoms with van der Waals surface area (Å²) in [5.74, 6) is -0.0771. The van der Waals surface area contributed by atoms with Crippen LogP contribution in [0.4, 0.5) is 0 Å². The largest absolute Gasteiger partial charge is 0.466 e. The third kappa shape index (κ3) is 7.34. The molecule has 4 nitrogen and oxygen atoms in total. The molecule has 1 aliphatic heterocycles. The number of rotatable bonds is 8. The molecule has 4 heteroatoms. The van der Waals surface area contributed by atoms with E-state index >= 15 is 0 Å². The second-order valence-corrected chi connectivity index (χ2v) is 4.44. The van der Waals surface area contributed by atoms with Crippen molar-refractivity contribution in [1.29, 1.82) is 0 Å². The molecule has 0 amide bonds. The summed E-state index contributed by atoms with van der Waals surface area (Å²) < 4.78 is 10.6. The van der Waals surface area contributed by atoms with E-state index < -0.39 is 0 Å². The van der Waals surface area contributed by atoms with E-state index in [0.717, 1.165) is 51.8 Å². The summed E-state index contributed by atoms with van der Waals surface area (Å²) in [6.07, 6.45) is 6.25. The molecule has 0 aromatic rings. The molecule has 0 aromatic carbocycles. The molecule has 17 heavy (non-hydrogen) atoms. The van der Waals surface area contributed by atoms with Crippen LogP contribution in [0.25, 0.3) is 0 Å². The number of piperidine rings is 1. The van der Waals surface area contributed by atoms with Crippen LogP contribution in [0.3, 0.4) is 0 Å². The third-order valence-electron chi connectivity index (χ3n) is 2.97. The topological polar surface area (TPSA) is 47.6 Å².